The van der Waals surface area contributed by atoms with Gasteiger partial charge in [-0.15, -0.1) is 24.8 Å². The number of rotatable bonds is 5. The normalized spacial score (nSPS) is 9.33. The van der Waals surface area contributed by atoms with Crippen LogP contribution in [-0.4, -0.2) is 31.4 Å². The van der Waals surface area contributed by atoms with E-state index in [0.29, 0.717) is 6.54 Å². The highest BCUT2D eigenvalue weighted by atomic mass is 35.5. The molecule has 0 aliphatic rings. The van der Waals surface area contributed by atoms with Crippen molar-refractivity contribution in [2.24, 2.45) is 5.73 Å². The summed E-state index contributed by atoms with van der Waals surface area (Å²) in [5, 5.41) is 2.78. The van der Waals surface area contributed by atoms with Crippen LogP contribution in [-0.2, 0) is 17.9 Å². The molecule has 0 spiro atoms. The minimum absolute atomic E-state index is 0. The van der Waals surface area contributed by atoms with Crippen molar-refractivity contribution in [2.45, 2.75) is 13.1 Å². The fourth-order valence-corrected chi connectivity index (χ4v) is 1.49. The van der Waals surface area contributed by atoms with Crippen molar-refractivity contribution in [3.05, 3.63) is 35.4 Å². The first-order valence-electron chi connectivity index (χ1n) is 5.31. The van der Waals surface area contributed by atoms with Crippen molar-refractivity contribution in [1.29, 1.82) is 0 Å². The Morgan fingerprint density at radius 3 is 2.28 bits per heavy atom. The highest BCUT2D eigenvalue weighted by Crippen LogP contribution is 2.10. The van der Waals surface area contributed by atoms with Crippen LogP contribution in [0.15, 0.2) is 24.3 Å². The first-order chi connectivity index (χ1) is 7.63. The predicted octanol–water partition coefficient (Wildman–Crippen LogP) is 1.17. The first kappa shape index (κ1) is 19.5. The van der Waals surface area contributed by atoms with Gasteiger partial charge in [0.25, 0.3) is 0 Å². The van der Waals surface area contributed by atoms with Gasteiger partial charge in [0.1, 0.15) is 0 Å². The van der Waals surface area contributed by atoms with Gasteiger partial charge >= 0.3 is 0 Å². The standard InChI is InChI=1S/C12H19N3O.2ClH/c1-15(2)9-11-6-4-3-5-10(11)8-14-12(16)7-13;;/h3-6H,7-9,13H2,1-2H3,(H,14,16);2*1H. The van der Waals surface area contributed by atoms with Crippen molar-refractivity contribution < 1.29 is 4.79 Å². The summed E-state index contributed by atoms with van der Waals surface area (Å²) in [6.45, 7) is 1.45. The Bertz CT molecular complexity index is 359. The molecule has 1 aromatic carbocycles. The van der Waals surface area contributed by atoms with E-state index in [9.17, 15) is 4.79 Å². The van der Waals surface area contributed by atoms with E-state index in [1.807, 2.05) is 32.3 Å². The van der Waals surface area contributed by atoms with Gasteiger partial charge in [0, 0.05) is 13.1 Å². The molecule has 0 fully saturated rings. The third-order valence-corrected chi connectivity index (χ3v) is 2.27. The molecule has 0 radical (unpaired) electrons. The second kappa shape index (κ2) is 10.1. The van der Waals surface area contributed by atoms with Crippen LogP contribution in [0.5, 0.6) is 0 Å². The number of amides is 1. The smallest absolute Gasteiger partial charge is 0.234 e. The zero-order valence-electron chi connectivity index (χ0n) is 10.7. The molecule has 0 aliphatic heterocycles. The Balaban J connectivity index is 0. The second-order valence-corrected chi connectivity index (χ2v) is 3.99. The Morgan fingerprint density at radius 1 is 1.22 bits per heavy atom. The molecule has 1 aromatic rings. The van der Waals surface area contributed by atoms with Crippen molar-refractivity contribution in [1.82, 2.24) is 10.2 Å². The Labute approximate surface area is 121 Å². The minimum atomic E-state index is -0.125. The van der Waals surface area contributed by atoms with Gasteiger partial charge in [0.15, 0.2) is 0 Å². The van der Waals surface area contributed by atoms with Gasteiger partial charge in [-0.25, -0.2) is 0 Å². The van der Waals surface area contributed by atoms with E-state index in [1.54, 1.807) is 0 Å². The third kappa shape index (κ3) is 6.81. The first-order valence-corrected chi connectivity index (χ1v) is 5.31. The van der Waals surface area contributed by atoms with Gasteiger partial charge in [0.2, 0.25) is 5.91 Å². The van der Waals surface area contributed by atoms with E-state index in [-0.39, 0.29) is 37.3 Å². The lowest BCUT2D eigenvalue weighted by atomic mass is 10.1. The highest BCUT2D eigenvalue weighted by Gasteiger charge is 2.04. The SMILES string of the molecule is CN(C)Cc1ccccc1CNC(=O)CN.Cl.Cl. The molecule has 3 N–H and O–H groups in total. The zero-order chi connectivity index (χ0) is 12.0. The van der Waals surface area contributed by atoms with Crippen LogP contribution in [0.25, 0.3) is 0 Å². The summed E-state index contributed by atoms with van der Waals surface area (Å²) in [4.78, 5) is 13.2. The molecular formula is C12H21Cl2N3O. The Morgan fingerprint density at radius 2 is 1.78 bits per heavy atom. The topological polar surface area (TPSA) is 58.4 Å². The molecule has 0 bridgehead atoms. The van der Waals surface area contributed by atoms with Crippen molar-refractivity contribution in [2.75, 3.05) is 20.6 Å². The van der Waals surface area contributed by atoms with Crippen LogP contribution in [0.4, 0.5) is 0 Å². The van der Waals surface area contributed by atoms with Gasteiger partial charge in [-0.1, -0.05) is 24.3 Å². The van der Waals surface area contributed by atoms with E-state index in [4.69, 9.17) is 5.73 Å². The van der Waals surface area contributed by atoms with Gasteiger partial charge in [-0.05, 0) is 25.2 Å². The lowest BCUT2D eigenvalue weighted by Crippen LogP contribution is -2.30. The van der Waals surface area contributed by atoms with Crippen LogP contribution in [0.1, 0.15) is 11.1 Å². The molecule has 6 heteroatoms. The van der Waals surface area contributed by atoms with Gasteiger partial charge < -0.3 is 16.0 Å². The number of nitrogens with two attached hydrogens (primary N) is 1. The second-order valence-electron chi connectivity index (χ2n) is 3.99. The van der Waals surface area contributed by atoms with Crippen LogP contribution in [0.3, 0.4) is 0 Å². The lowest BCUT2D eigenvalue weighted by molar-refractivity contribution is -0.119. The van der Waals surface area contributed by atoms with Crippen LogP contribution in [0.2, 0.25) is 0 Å². The number of carbonyl (C=O) groups is 1. The number of nitrogens with zero attached hydrogens (tertiary/aromatic N) is 1. The molecule has 0 heterocycles. The Hall–Kier alpha value is -0.810. The predicted molar refractivity (Wildman–Crippen MR) is 79.2 cm³/mol. The molecule has 0 atom stereocenters. The molecule has 1 amide bonds. The van der Waals surface area contributed by atoms with Crippen LogP contribution >= 0.6 is 24.8 Å². The van der Waals surface area contributed by atoms with E-state index in [1.165, 1.54) is 5.56 Å². The van der Waals surface area contributed by atoms with Crippen molar-refractivity contribution in [3.63, 3.8) is 0 Å². The number of halogens is 2. The number of nitrogens with one attached hydrogen (secondary N) is 1. The van der Waals surface area contributed by atoms with E-state index >= 15 is 0 Å². The summed E-state index contributed by atoms with van der Waals surface area (Å²) in [6.07, 6.45) is 0. The highest BCUT2D eigenvalue weighted by molar-refractivity contribution is 5.85. The molecule has 0 aromatic heterocycles. The monoisotopic (exact) mass is 293 g/mol. The maximum Gasteiger partial charge on any atom is 0.234 e. The largest absolute Gasteiger partial charge is 0.351 e. The summed E-state index contributed by atoms with van der Waals surface area (Å²) < 4.78 is 0. The molecule has 0 saturated heterocycles. The molecule has 0 aliphatic carbocycles. The van der Waals surface area contributed by atoms with Gasteiger partial charge in [0.05, 0.1) is 6.54 Å². The molecular weight excluding hydrogens is 273 g/mol. The number of benzene rings is 1. The van der Waals surface area contributed by atoms with E-state index in [0.717, 1.165) is 12.1 Å². The molecule has 18 heavy (non-hydrogen) atoms. The summed E-state index contributed by atoms with van der Waals surface area (Å²) >= 11 is 0. The summed E-state index contributed by atoms with van der Waals surface area (Å²) in [6, 6.07) is 8.08. The minimum Gasteiger partial charge on any atom is -0.351 e. The van der Waals surface area contributed by atoms with Gasteiger partial charge in [-0.2, -0.15) is 0 Å². The summed E-state index contributed by atoms with van der Waals surface area (Å²) in [5.41, 5.74) is 7.60. The molecule has 0 saturated carbocycles. The maximum atomic E-state index is 11.1. The Kier molecular flexibility index (Phi) is 11.0. The van der Waals surface area contributed by atoms with Crippen LogP contribution < -0.4 is 11.1 Å². The van der Waals surface area contributed by atoms with Crippen LogP contribution in [0, 0.1) is 0 Å². The van der Waals surface area contributed by atoms with Crippen molar-refractivity contribution in [3.8, 4) is 0 Å². The summed E-state index contributed by atoms with van der Waals surface area (Å²) in [7, 11) is 4.05. The van der Waals surface area contributed by atoms with Crippen molar-refractivity contribution >= 4 is 30.7 Å². The molecule has 104 valence electrons. The lowest BCUT2D eigenvalue weighted by Gasteiger charge is -2.14. The number of carbonyl (C=O) groups excluding carboxylic acids is 1. The number of hydrogen-bond acceptors (Lipinski definition) is 3. The number of hydrogen-bond donors (Lipinski definition) is 2. The quantitative estimate of drug-likeness (QED) is 0.857. The average Bonchev–Trinajstić information content (AvgIpc) is 2.26. The van der Waals surface area contributed by atoms with E-state index < -0.39 is 0 Å². The van der Waals surface area contributed by atoms with E-state index in [2.05, 4.69) is 16.3 Å². The molecule has 0 unspecified atom stereocenters. The summed E-state index contributed by atoms with van der Waals surface area (Å²) in [5.74, 6) is -0.125. The molecule has 1 rings (SSSR count). The molecule has 4 nitrogen and oxygen atoms in total. The average molecular weight is 294 g/mol. The fourth-order valence-electron chi connectivity index (χ4n) is 1.49. The fraction of sp³-hybridized carbons (Fsp3) is 0.417. The maximum absolute atomic E-state index is 11.1. The zero-order valence-corrected chi connectivity index (χ0v) is 12.3. The van der Waals surface area contributed by atoms with Gasteiger partial charge in [-0.3, -0.25) is 4.79 Å². The third-order valence-electron chi connectivity index (χ3n) is 2.27.